The van der Waals surface area contributed by atoms with Crippen LogP contribution in [0.3, 0.4) is 0 Å². The van der Waals surface area contributed by atoms with E-state index in [0.29, 0.717) is 48.6 Å². The number of hydrogen-bond donors (Lipinski definition) is 1. The van der Waals surface area contributed by atoms with Crippen LogP contribution in [-0.2, 0) is 4.79 Å². The van der Waals surface area contributed by atoms with Crippen LogP contribution in [0, 0.1) is 17.8 Å². The zero-order chi connectivity index (χ0) is 32.3. The molecule has 1 amide bonds. The van der Waals surface area contributed by atoms with E-state index in [1.165, 1.54) is 4.90 Å². The number of carboxylic acid groups (broad SMARTS) is 1. The molecule has 1 N–H and O–H groups in total. The van der Waals surface area contributed by atoms with E-state index in [9.17, 15) is 23.5 Å². The van der Waals surface area contributed by atoms with Crippen molar-refractivity contribution < 1.29 is 33.0 Å². The fourth-order valence-electron chi connectivity index (χ4n) is 6.71. The Labute approximate surface area is 267 Å². The van der Waals surface area contributed by atoms with Crippen LogP contribution in [0.5, 0.6) is 11.6 Å². The molecule has 3 fully saturated rings. The van der Waals surface area contributed by atoms with Crippen molar-refractivity contribution in [1.29, 1.82) is 0 Å². The number of carbonyl (C=O) groups is 2. The zero-order valence-corrected chi connectivity index (χ0v) is 26.0. The van der Waals surface area contributed by atoms with Crippen LogP contribution in [0.2, 0.25) is 0 Å². The number of rotatable bonds is 13. The molecule has 3 aromatic rings. The van der Waals surface area contributed by atoms with Crippen LogP contribution < -0.4 is 19.3 Å². The topological polar surface area (TPSA) is 105 Å². The van der Waals surface area contributed by atoms with Crippen LogP contribution in [0.4, 0.5) is 20.3 Å². The summed E-state index contributed by atoms with van der Waals surface area (Å²) in [6, 6.07) is 14.4. The molecule has 2 saturated carbocycles. The summed E-state index contributed by atoms with van der Waals surface area (Å²) >= 11 is 0. The number of nitrogens with zero attached hydrogens (tertiary/aromatic N) is 4. The number of hydrogen-bond acceptors (Lipinski definition) is 7. The largest absolute Gasteiger partial charge is 0.497 e. The highest BCUT2D eigenvalue weighted by Crippen LogP contribution is 2.45. The van der Waals surface area contributed by atoms with Crippen molar-refractivity contribution in [3.8, 4) is 11.6 Å². The molecule has 1 unspecified atom stereocenters. The van der Waals surface area contributed by atoms with Gasteiger partial charge in [-0.3, -0.25) is 14.5 Å². The molecule has 2 aliphatic carbocycles. The van der Waals surface area contributed by atoms with Gasteiger partial charge in [-0.25, -0.2) is 18.7 Å². The number of aromatic nitrogens is 2. The van der Waals surface area contributed by atoms with E-state index in [1.807, 2.05) is 18.2 Å². The Morgan fingerprint density at radius 2 is 1.80 bits per heavy atom. The van der Waals surface area contributed by atoms with Gasteiger partial charge < -0.3 is 19.5 Å². The van der Waals surface area contributed by atoms with Gasteiger partial charge in [0.05, 0.1) is 31.4 Å². The van der Waals surface area contributed by atoms with E-state index in [4.69, 9.17) is 9.47 Å². The second kappa shape index (κ2) is 13.6. The van der Waals surface area contributed by atoms with Crippen LogP contribution in [-0.4, -0.2) is 66.2 Å². The number of ether oxygens (including phenoxy) is 2. The molecule has 244 valence electrons. The van der Waals surface area contributed by atoms with E-state index in [2.05, 4.69) is 14.9 Å². The molecular weight excluding hydrogens is 594 g/mol. The van der Waals surface area contributed by atoms with Crippen molar-refractivity contribution >= 4 is 23.4 Å². The van der Waals surface area contributed by atoms with E-state index in [1.54, 1.807) is 49.8 Å². The number of amides is 1. The molecule has 3 heterocycles. The summed E-state index contributed by atoms with van der Waals surface area (Å²) in [6.45, 7) is 2.04. The Morgan fingerprint density at radius 3 is 2.46 bits per heavy atom. The number of pyridine rings is 2. The summed E-state index contributed by atoms with van der Waals surface area (Å²) in [5.41, 5.74) is 2.17. The number of carbonyl (C=O) groups excluding carboxylic acids is 1. The van der Waals surface area contributed by atoms with Gasteiger partial charge in [-0.15, -0.1) is 0 Å². The Kier molecular flexibility index (Phi) is 9.37. The average molecular weight is 635 g/mol. The summed E-state index contributed by atoms with van der Waals surface area (Å²) in [4.78, 5) is 38.0. The second-order valence-electron chi connectivity index (χ2n) is 12.8. The van der Waals surface area contributed by atoms with Crippen molar-refractivity contribution in [3.05, 3.63) is 72.1 Å². The van der Waals surface area contributed by atoms with Crippen molar-refractivity contribution in [1.82, 2.24) is 9.97 Å². The minimum absolute atomic E-state index is 0.0193. The summed E-state index contributed by atoms with van der Waals surface area (Å²) in [5, 5.41) is 9.38. The van der Waals surface area contributed by atoms with Crippen LogP contribution in [0.1, 0.15) is 66.8 Å². The molecular formula is C35H40F2N4O5. The van der Waals surface area contributed by atoms with Gasteiger partial charge in [0, 0.05) is 57.0 Å². The highest BCUT2D eigenvalue weighted by molar-refractivity contribution is 6.09. The average Bonchev–Trinajstić information content (AvgIpc) is 3.90. The fraction of sp³-hybridized carbons (Fsp3) is 0.486. The molecule has 9 nitrogen and oxygen atoms in total. The molecule has 46 heavy (non-hydrogen) atoms. The van der Waals surface area contributed by atoms with Gasteiger partial charge in [0.15, 0.2) is 0 Å². The molecule has 1 aromatic carbocycles. The summed E-state index contributed by atoms with van der Waals surface area (Å²) in [7, 11) is 1.58. The lowest BCUT2D eigenvalue weighted by molar-refractivity contribution is -0.137. The Hall–Kier alpha value is -4.28. The lowest BCUT2D eigenvalue weighted by Gasteiger charge is -2.38. The van der Waals surface area contributed by atoms with Gasteiger partial charge >= 0.3 is 5.97 Å². The first-order valence-corrected chi connectivity index (χ1v) is 16.0. The first-order chi connectivity index (χ1) is 22.2. The first kappa shape index (κ1) is 31.7. The van der Waals surface area contributed by atoms with E-state index < -0.39 is 11.9 Å². The molecule has 6 rings (SSSR count). The number of halogens is 2. The maximum Gasteiger partial charge on any atom is 0.303 e. The number of alkyl halides is 2. The van der Waals surface area contributed by atoms with Crippen molar-refractivity contribution in [2.45, 2.75) is 56.8 Å². The standard InChI is InChI=1S/C35H40F2N4O5/c1-45-27-7-8-28(34(44)41(31-4-2-3-12-38-31)21-24-19-35(36,37)20-24)30(17-27)40-14-10-23(11-15-40)22-46-32-16-26(9-13-39-32)29(18-33(42)43)25-5-6-25/h2-4,7-9,12-13,16-17,23-25,29H,5-6,10-11,14-15,18-22H2,1H3,(H,42,43). The Morgan fingerprint density at radius 1 is 1.02 bits per heavy atom. The zero-order valence-electron chi connectivity index (χ0n) is 26.0. The minimum atomic E-state index is -2.68. The summed E-state index contributed by atoms with van der Waals surface area (Å²) in [6.07, 6.45) is 6.68. The number of benzene rings is 1. The van der Waals surface area contributed by atoms with Crippen LogP contribution >= 0.6 is 0 Å². The van der Waals surface area contributed by atoms with E-state index in [-0.39, 0.29) is 49.5 Å². The number of carboxylic acids is 1. The Balaban J connectivity index is 1.12. The molecule has 1 atom stereocenters. The molecule has 0 spiro atoms. The highest BCUT2D eigenvalue weighted by Gasteiger charge is 2.46. The third-order valence-electron chi connectivity index (χ3n) is 9.42. The first-order valence-electron chi connectivity index (χ1n) is 16.0. The quantitative estimate of drug-likeness (QED) is 0.229. The monoisotopic (exact) mass is 634 g/mol. The summed E-state index contributed by atoms with van der Waals surface area (Å²) in [5.74, 6) is -1.83. The molecule has 1 aliphatic heterocycles. The molecule has 11 heteroatoms. The van der Waals surface area contributed by atoms with Gasteiger partial charge in [0.1, 0.15) is 11.6 Å². The lowest BCUT2D eigenvalue weighted by Crippen LogP contribution is -2.45. The van der Waals surface area contributed by atoms with E-state index >= 15 is 0 Å². The maximum absolute atomic E-state index is 14.1. The predicted molar refractivity (Wildman–Crippen MR) is 169 cm³/mol. The van der Waals surface area contributed by atoms with E-state index in [0.717, 1.165) is 36.9 Å². The number of methoxy groups -OCH3 is 1. The molecule has 2 aromatic heterocycles. The molecule has 0 radical (unpaired) electrons. The fourth-order valence-corrected chi connectivity index (χ4v) is 6.71. The minimum Gasteiger partial charge on any atom is -0.497 e. The van der Waals surface area contributed by atoms with Gasteiger partial charge in [0.2, 0.25) is 11.8 Å². The SMILES string of the molecule is COc1ccc(C(=O)N(CC2CC(F)(F)C2)c2ccccn2)c(N2CCC(COc3cc(C(CC(=O)O)C4CC4)ccn3)CC2)c1. The van der Waals surface area contributed by atoms with Gasteiger partial charge in [-0.1, -0.05) is 6.07 Å². The molecule has 0 bridgehead atoms. The highest BCUT2D eigenvalue weighted by atomic mass is 19.3. The normalized spacial score (nSPS) is 18.8. The van der Waals surface area contributed by atoms with Crippen molar-refractivity contribution in [3.63, 3.8) is 0 Å². The molecule has 1 saturated heterocycles. The van der Waals surface area contributed by atoms with Crippen molar-refractivity contribution in [2.24, 2.45) is 17.8 Å². The van der Waals surface area contributed by atoms with Gasteiger partial charge in [-0.2, -0.15) is 0 Å². The Bertz CT molecular complexity index is 1520. The lowest BCUT2D eigenvalue weighted by atomic mass is 9.81. The van der Waals surface area contributed by atoms with Gasteiger partial charge in [-0.05, 0) is 85.3 Å². The third-order valence-corrected chi connectivity index (χ3v) is 9.42. The number of aliphatic carboxylic acids is 1. The predicted octanol–water partition coefficient (Wildman–Crippen LogP) is 6.44. The number of piperidine rings is 1. The maximum atomic E-state index is 14.1. The number of anilines is 2. The third kappa shape index (κ3) is 7.57. The smallest absolute Gasteiger partial charge is 0.303 e. The summed E-state index contributed by atoms with van der Waals surface area (Å²) < 4.78 is 39.0. The molecule has 3 aliphatic rings. The van der Waals surface area contributed by atoms with Crippen LogP contribution in [0.25, 0.3) is 0 Å². The van der Waals surface area contributed by atoms with Crippen molar-refractivity contribution in [2.75, 3.05) is 43.2 Å². The van der Waals surface area contributed by atoms with Gasteiger partial charge in [0.25, 0.3) is 5.91 Å². The van der Waals surface area contributed by atoms with Crippen LogP contribution in [0.15, 0.2) is 60.9 Å². The second-order valence-corrected chi connectivity index (χ2v) is 12.8.